The molecule has 0 saturated carbocycles. The van der Waals surface area contributed by atoms with E-state index in [0.29, 0.717) is 37.6 Å². The summed E-state index contributed by atoms with van der Waals surface area (Å²) in [5.41, 5.74) is 5.71. The van der Waals surface area contributed by atoms with E-state index in [2.05, 4.69) is 28.4 Å². The van der Waals surface area contributed by atoms with Crippen molar-refractivity contribution in [3.8, 4) is 0 Å². The second-order valence-corrected chi connectivity index (χ2v) is 8.26. The predicted molar refractivity (Wildman–Crippen MR) is 122 cm³/mol. The van der Waals surface area contributed by atoms with Crippen LogP contribution in [0.2, 0.25) is 0 Å². The van der Waals surface area contributed by atoms with Crippen LogP contribution in [0.15, 0.2) is 42.5 Å². The van der Waals surface area contributed by atoms with E-state index in [-0.39, 0.29) is 12.0 Å². The molecule has 32 heavy (non-hydrogen) atoms. The Labute approximate surface area is 187 Å². The van der Waals surface area contributed by atoms with Crippen LogP contribution in [0.5, 0.6) is 0 Å². The van der Waals surface area contributed by atoms with Crippen LogP contribution < -0.4 is 5.32 Å². The molecule has 2 aromatic carbocycles. The largest absolute Gasteiger partial charge is 0.487 e. The molecule has 7 nitrogen and oxygen atoms in total. The van der Waals surface area contributed by atoms with Crippen LogP contribution in [0.3, 0.4) is 0 Å². The van der Waals surface area contributed by atoms with Gasteiger partial charge < -0.3 is 19.7 Å². The van der Waals surface area contributed by atoms with Crippen molar-refractivity contribution in [1.29, 1.82) is 0 Å². The van der Waals surface area contributed by atoms with E-state index < -0.39 is 0 Å². The number of hydrogen-bond acceptors (Lipinski definition) is 5. The smallest absolute Gasteiger partial charge is 0.409 e. The maximum Gasteiger partial charge on any atom is 0.409 e. The van der Waals surface area contributed by atoms with Crippen molar-refractivity contribution in [2.24, 2.45) is 0 Å². The molecule has 0 radical (unpaired) electrons. The van der Waals surface area contributed by atoms with E-state index in [1.807, 2.05) is 31.2 Å². The standard InChI is InChI=1S/C25H27N3O4/c1-2-31-25(30)28-13-11-27(12-14-28)10-9-17-7-8-19-18(15-17)16-32-23(19)22-20-5-3-4-6-21(20)26-24(22)29/h3-8,15H,2,9-14,16H2,1H3,(H,26,29)/b23-22+. The van der Waals surface area contributed by atoms with E-state index in [0.717, 1.165) is 48.4 Å². The van der Waals surface area contributed by atoms with E-state index >= 15 is 0 Å². The van der Waals surface area contributed by atoms with Gasteiger partial charge in [-0.25, -0.2) is 4.79 Å². The summed E-state index contributed by atoms with van der Waals surface area (Å²) in [6.45, 7) is 6.80. The Bertz CT molecular complexity index is 1090. The number of para-hydroxylation sites is 1. The molecule has 1 saturated heterocycles. The first kappa shape index (κ1) is 20.6. The highest BCUT2D eigenvalue weighted by molar-refractivity contribution is 6.36. The van der Waals surface area contributed by atoms with Gasteiger partial charge in [-0.1, -0.05) is 36.4 Å². The number of carbonyl (C=O) groups excluding carboxylic acids is 2. The Balaban J connectivity index is 1.25. The predicted octanol–water partition coefficient (Wildman–Crippen LogP) is 3.35. The molecule has 5 rings (SSSR count). The van der Waals surface area contributed by atoms with Crippen LogP contribution in [0.1, 0.15) is 29.2 Å². The number of nitrogens with one attached hydrogen (secondary N) is 1. The number of amides is 2. The minimum absolute atomic E-state index is 0.111. The van der Waals surface area contributed by atoms with Gasteiger partial charge in [0.15, 0.2) is 0 Å². The number of piperazine rings is 1. The fourth-order valence-electron chi connectivity index (χ4n) is 4.58. The van der Waals surface area contributed by atoms with Crippen LogP contribution in [0, 0.1) is 0 Å². The lowest BCUT2D eigenvalue weighted by Crippen LogP contribution is -2.49. The Hall–Kier alpha value is -3.32. The molecule has 3 aliphatic rings. The first-order valence-electron chi connectivity index (χ1n) is 11.2. The Morgan fingerprint density at radius 3 is 2.72 bits per heavy atom. The topological polar surface area (TPSA) is 71.1 Å². The zero-order valence-corrected chi connectivity index (χ0v) is 18.2. The SMILES string of the molecule is CCOC(=O)N1CCN(CCc2ccc3c(c2)CO/C3=C2/C(=O)Nc3ccccc32)CC1. The maximum atomic E-state index is 12.6. The zero-order chi connectivity index (χ0) is 22.1. The average molecular weight is 434 g/mol. The van der Waals surface area contributed by atoms with Crippen molar-refractivity contribution in [3.05, 3.63) is 64.7 Å². The number of anilines is 1. The summed E-state index contributed by atoms with van der Waals surface area (Å²) in [4.78, 5) is 28.6. The summed E-state index contributed by atoms with van der Waals surface area (Å²) in [7, 11) is 0. The average Bonchev–Trinajstić information content (AvgIpc) is 3.37. The lowest BCUT2D eigenvalue weighted by Gasteiger charge is -2.34. The summed E-state index contributed by atoms with van der Waals surface area (Å²) in [5.74, 6) is 0.559. The first-order chi connectivity index (χ1) is 15.6. The molecule has 2 aromatic rings. The van der Waals surface area contributed by atoms with Crippen LogP contribution in [-0.2, 0) is 27.3 Å². The van der Waals surface area contributed by atoms with Gasteiger partial charge in [0.2, 0.25) is 0 Å². The number of nitrogens with zero attached hydrogens (tertiary/aromatic N) is 2. The minimum Gasteiger partial charge on any atom is -0.487 e. The van der Waals surface area contributed by atoms with Crippen LogP contribution in [0.25, 0.3) is 11.3 Å². The number of carbonyl (C=O) groups is 2. The summed E-state index contributed by atoms with van der Waals surface area (Å²) < 4.78 is 11.1. The van der Waals surface area contributed by atoms with E-state index in [9.17, 15) is 9.59 Å². The number of ether oxygens (including phenoxy) is 2. The monoisotopic (exact) mass is 433 g/mol. The Morgan fingerprint density at radius 2 is 1.91 bits per heavy atom. The molecule has 0 bridgehead atoms. The molecule has 1 N–H and O–H groups in total. The van der Waals surface area contributed by atoms with Crippen molar-refractivity contribution in [2.75, 3.05) is 44.6 Å². The third kappa shape index (κ3) is 3.84. The minimum atomic E-state index is -0.214. The Kier molecular flexibility index (Phi) is 5.57. The number of fused-ring (bicyclic) bond motifs is 2. The Morgan fingerprint density at radius 1 is 1.09 bits per heavy atom. The second-order valence-electron chi connectivity index (χ2n) is 8.26. The third-order valence-corrected chi connectivity index (χ3v) is 6.30. The van der Waals surface area contributed by atoms with Crippen LogP contribution in [0.4, 0.5) is 10.5 Å². The molecule has 0 atom stereocenters. The fraction of sp³-hybridized carbons (Fsp3) is 0.360. The molecule has 3 aliphatic heterocycles. The maximum absolute atomic E-state index is 12.6. The molecule has 7 heteroatoms. The molecule has 1 fully saturated rings. The van der Waals surface area contributed by atoms with Gasteiger partial charge in [-0.3, -0.25) is 9.69 Å². The van der Waals surface area contributed by atoms with Gasteiger partial charge in [0, 0.05) is 55.1 Å². The lowest BCUT2D eigenvalue weighted by atomic mass is 9.98. The quantitative estimate of drug-likeness (QED) is 0.749. The number of hydrogen-bond donors (Lipinski definition) is 1. The molecular formula is C25H27N3O4. The molecule has 2 amide bonds. The molecule has 0 spiro atoms. The van der Waals surface area contributed by atoms with Crippen LogP contribution >= 0.6 is 0 Å². The highest BCUT2D eigenvalue weighted by atomic mass is 16.6. The first-order valence-corrected chi connectivity index (χ1v) is 11.2. The van der Waals surface area contributed by atoms with Gasteiger partial charge >= 0.3 is 6.09 Å². The summed E-state index contributed by atoms with van der Waals surface area (Å²) in [6, 6.07) is 14.1. The van der Waals surface area contributed by atoms with Gasteiger partial charge in [-0.05, 0) is 25.0 Å². The normalized spacial score (nSPS) is 19.9. The number of benzene rings is 2. The molecular weight excluding hydrogens is 406 g/mol. The summed E-state index contributed by atoms with van der Waals surface area (Å²) in [6.07, 6.45) is 0.719. The van der Waals surface area contributed by atoms with Crippen molar-refractivity contribution in [3.63, 3.8) is 0 Å². The highest BCUT2D eigenvalue weighted by Gasteiger charge is 2.32. The molecule has 0 aromatic heterocycles. The van der Waals surface area contributed by atoms with Gasteiger partial charge in [0.25, 0.3) is 5.91 Å². The molecule has 166 valence electrons. The van der Waals surface area contributed by atoms with Crippen molar-refractivity contribution in [1.82, 2.24) is 9.80 Å². The third-order valence-electron chi connectivity index (χ3n) is 6.30. The van der Waals surface area contributed by atoms with Crippen molar-refractivity contribution < 1.29 is 19.1 Å². The lowest BCUT2D eigenvalue weighted by molar-refractivity contribution is -0.110. The van der Waals surface area contributed by atoms with Crippen molar-refractivity contribution >= 4 is 29.0 Å². The van der Waals surface area contributed by atoms with Gasteiger partial charge in [0.05, 0.1) is 12.2 Å². The second kappa shape index (κ2) is 8.67. The molecule has 0 aliphatic carbocycles. The summed E-state index contributed by atoms with van der Waals surface area (Å²) in [5, 5.41) is 2.93. The van der Waals surface area contributed by atoms with Gasteiger partial charge in [-0.2, -0.15) is 0 Å². The highest BCUT2D eigenvalue weighted by Crippen LogP contribution is 2.41. The van der Waals surface area contributed by atoms with Crippen molar-refractivity contribution in [2.45, 2.75) is 20.0 Å². The van der Waals surface area contributed by atoms with Crippen LogP contribution in [-0.4, -0.2) is 61.1 Å². The van der Waals surface area contributed by atoms with E-state index in [4.69, 9.17) is 9.47 Å². The van der Waals surface area contributed by atoms with Gasteiger partial charge in [0.1, 0.15) is 12.4 Å². The van der Waals surface area contributed by atoms with E-state index in [1.165, 1.54) is 5.56 Å². The summed E-state index contributed by atoms with van der Waals surface area (Å²) >= 11 is 0. The molecule has 3 heterocycles. The molecule has 0 unspecified atom stereocenters. The zero-order valence-electron chi connectivity index (χ0n) is 18.2. The fourth-order valence-corrected chi connectivity index (χ4v) is 4.58. The van der Waals surface area contributed by atoms with Gasteiger partial charge in [-0.15, -0.1) is 0 Å². The number of rotatable bonds is 4. The van der Waals surface area contributed by atoms with E-state index in [1.54, 1.807) is 4.90 Å².